The number of benzene rings is 2. The number of anilines is 1. The van der Waals surface area contributed by atoms with E-state index >= 15 is 4.39 Å². The van der Waals surface area contributed by atoms with Crippen LogP contribution in [0.4, 0.5) is 14.5 Å². The topological polar surface area (TPSA) is 90.5 Å². The van der Waals surface area contributed by atoms with Crippen LogP contribution in [0.3, 0.4) is 0 Å². The highest BCUT2D eigenvalue weighted by atomic mass is 35.5. The third-order valence-electron chi connectivity index (χ3n) is 8.02. The van der Waals surface area contributed by atoms with Crippen molar-refractivity contribution >= 4 is 40.7 Å². The van der Waals surface area contributed by atoms with Gasteiger partial charge in [-0.1, -0.05) is 56.1 Å². The number of amides is 2. The second kappa shape index (κ2) is 9.15. The molecule has 0 bridgehead atoms. The summed E-state index contributed by atoms with van der Waals surface area (Å²) in [5, 5.41) is 19.0. The molecule has 0 aromatic heterocycles. The normalized spacial score (nSPS) is 32.2. The van der Waals surface area contributed by atoms with Crippen molar-refractivity contribution in [3.05, 3.63) is 63.1 Å². The molecule has 2 fully saturated rings. The summed E-state index contributed by atoms with van der Waals surface area (Å²) >= 11 is 12.2. The van der Waals surface area contributed by atoms with Gasteiger partial charge in [0, 0.05) is 23.7 Å². The summed E-state index contributed by atoms with van der Waals surface area (Å²) in [7, 11) is 0. The lowest BCUT2D eigenvalue weighted by Crippen LogP contribution is -2.57. The van der Waals surface area contributed by atoms with Crippen LogP contribution in [-0.2, 0) is 15.0 Å². The van der Waals surface area contributed by atoms with Crippen LogP contribution in [0.5, 0.6) is 0 Å². The van der Waals surface area contributed by atoms with Gasteiger partial charge in [-0.25, -0.2) is 8.78 Å². The molecule has 1 saturated heterocycles. The fourth-order valence-electron chi connectivity index (χ4n) is 6.56. The predicted octanol–water partition coefficient (Wildman–Crippen LogP) is 5.05. The number of carbonyl (C=O) groups is 2. The van der Waals surface area contributed by atoms with E-state index in [1.807, 2.05) is 20.8 Å². The largest absolute Gasteiger partial charge is 0.390 e. The van der Waals surface area contributed by atoms with Gasteiger partial charge in [0.15, 0.2) is 0 Å². The van der Waals surface area contributed by atoms with Gasteiger partial charge in [0.2, 0.25) is 11.8 Å². The Bertz CT molecular complexity index is 1320. The first-order chi connectivity index (χ1) is 17.6. The van der Waals surface area contributed by atoms with Crippen LogP contribution in [0, 0.1) is 17.0 Å². The Balaban J connectivity index is 1.71. The first-order valence-electron chi connectivity index (χ1n) is 12.7. The lowest BCUT2D eigenvalue weighted by molar-refractivity contribution is -0.127. The maximum atomic E-state index is 15.7. The summed E-state index contributed by atoms with van der Waals surface area (Å²) in [5.41, 5.74) is -1.99. The van der Waals surface area contributed by atoms with E-state index in [0.717, 1.165) is 0 Å². The second-order valence-corrected chi connectivity index (χ2v) is 13.1. The molecule has 6 nitrogen and oxygen atoms in total. The molecule has 4 N–H and O–H groups in total. The van der Waals surface area contributed by atoms with Gasteiger partial charge in [-0.05, 0) is 60.9 Å². The smallest absolute Gasteiger partial charge is 0.238 e. The minimum absolute atomic E-state index is 0.0838. The van der Waals surface area contributed by atoms with Crippen LogP contribution in [-0.4, -0.2) is 40.6 Å². The van der Waals surface area contributed by atoms with Gasteiger partial charge in [0.05, 0.1) is 21.7 Å². The summed E-state index contributed by atoms with van der Waals surface area (Å²) in [6.45, 7) is 7.69. The van der Waals surface area contributed by atoms with Crippen molar-refractivity contribution < 1.29 is 23.5 Å². The van der Waals surface area contributed by atoms with E-state index in [9.17, 15) is 19.1 Å². The lowest BCUT2D eigenvalue weighted by atomic mass is 9.62. The highest BCUT2D eigenvalue weighted by molar-refractivity contribution is 6.31. The van der Waals surface area contributed by atoms with Gasteiger partial charge in [0.25, 0.3) is 0 Å². The van der Waals surface area contributed by atoms with Gasteiger partial charge < -0.3 is 21.1 Å². The van der Waals surface area contributed by atoms with Crippen LogP contribution < -0.4 is 16.0 Å². The van der Waals surface area contributed by atoms with Crippen LogP contribution in [0.1, 0.15) is 64.0 Å². The van der Waals surface area contributed by atoms with Gasteiger partial charge in [-0.3, -0.25) is 9.59 Å². The van der Waals surface area contributed by atoms with E-state index < -0.39 is 52.5 Å². The number of hydrogen-bond acceptors (Lipinski definition) is 4. The van der Waals surface area contributed by atoms with E-state index in [4.69, 9.17) is 23.2 Å². The third-order valence-corrected chi connectivity index (χ3v) is 8.60. The first-order valence-corrected chi connectivity index (χ1v) is 13.4. The minimum atomic E-state index is -1.54. The summed E-state index contributed by atoms with van der Waals surface area (Å²) in [6.07, 6.45) is 1.18. The van der Waals surface area contributed by atoms with E-state index in [0.29, 0.717) is 30.5 Å². The fraction of sp³-hybridized carbons (Fsp3) is 0.500. The van der Waals surface area contributed by atoms with Gasteiger partial charge in [-0.2, -0.15) is 0 Å². The molecule has 5 rings (SSSR count). The molecule has 1 saturated carbocycles. The molecular weight excluding hydrogens is 535 g/mol. The molecule has 2 aliphatic heterocycles. The number of rotatable bonds is 4. The summed E-state index contributed by atoms with van der Waals surface area (Å²) in [4.78, 5) is 27.9. The maximum absolute atomic E-state index is 15.7. The average Bonchev–Trinajstić information content (AvgIpc) is 3.24. The molecule has 2 aromatic carbocycles. The third kappa shape index (κ3) is 4.39. The Morgan fingerprint density at radius 1 is 1.18 bits per heavy atom. The van der Waals surface area contributed by atoms with Crippen LogP contribution in [0.25, 0.3) is 0 Å². The highest BCUT2D eigenvalue weighted by Crippen LogP contribution is 2.57. The molecule has 1 spiro atoms. The van der Waals surface area contributed by atoms with Crippen molar-refractivity contribution in [1.82, 2.24) is 10.6 Å². The number of hydrogen-bond donors (Lipinski definition) is 4. The number of fused-ring (bicyclic) bond motifs is 2. The molecule has 3 aliphatic rings. The Labute approximate surface area is 230 Å². The number of nitrogens with one attached hydrogen (secondary N) is 3. The molecule has 2 aromatic rings. The maximum Gasteiger partial charge on any atom is 0.238 e. The summed E-state index contributed by atoms with van der Waals surface area (Å²) in [5.74, 6) is -3.41. The molecule has 4 atom stereocenters. The zero-order chi connectivity index (χ0) is 27.8. The monoisotopic (exact) mass is 565 g/mol. The molecule has 1 aliphatic carbocycles. The number of halogens is 4. The Kier molecular flexibility index (Phi) is 6.58. The molecule has 2 heterocycles. The zero-order valence-electron chi connectivity index (χ0n) is 21.6. The first kappa shape index (κ1) is 27.3. The lowest BCUT2D eigenvalue weighted by Gasteiger charge is -2.42. The zero-order valence-corrected chi connectivity index (χ0v) is 23.1. The van der Waals surface area contributed by atoms with E-state index in [2.05, 4.69) is 16.0 Å². The van der Waals surface area contributed by atoms with Gasteiger partial charge >= 0.3 is 0 Å². The standard InChI is InChI=1S/C28H31Cl2F2N3O3/c1-26(2,3)12-20-28(15-8-18(31)17(30)9-19(15)34-25(28)37)21(14-6-5-7-16(29)22(14)32)23(35-20)24(36)33-13-10-27(4,38)11-13/h5-9,13,20-21,23,35,38H,10-12H2,1-4H3,(H,33,36)(H,34,37)/t13-,20-,21+,23-,27+,28+/m1/s1. The highest BCUT2D eigenvalue weighted by Gasteiger charge is 2.66. The average molecular weight is 566 g/mol. The molecule has 2 amide bonds. The van der Waals surface area contributed by atoms with Crippen LogP contribution in [0.15, 0.2) is 30.3 Å². The molecule has 38 heavy (non-hydrogen) atoms. The van der Waals surface area contributed by atoms with Crippen molar-refractivity contribution in [1.29, 1.82) is 0 Å². The van der Waals surface area contributed by atoms with E-state index in [-0.39, 0.29) is 27.1 Å². The molecule has 0 unspecified atom stereocenters. The SMILES string of the molecule is CC(C)(C)C[C@H]1N[C@@H](C(=O)N[C@H]2C[C@@](C)(O)C2)[C@H](c2cccc(Cl)c2F)[C@@]12C(=O)Nc1cc(Cl)c(F)cc12. The van der Waals surface area contributed by atoms with Crippen molar-refractivity contribution in [2.75, 3.05) is 5.32 Å². The van der Waals surface area contributed by atoms with Gasteiger partial charge in [-0.15, -0.1) is 0 Å². The van der Waals surface area contributed by atoms with Crippen molar-refractivity contribution in [2.24, 2.45) is 5.41 Å². The van der Waals surface area contributed by atoms with E-state index in [1.165, 1.54) is 24.3 Å². The number of aliphatic hydroxyl groups is 1. The van der Waals surface area contributed by atoms with E-state index in [1.54, 1.807) is 13.0 Å². The van der Waals surface area contributed by atoms with Crippen molar-refractivity contribution in [3.8, 4) is 0 Å². The molecule has 204 valence electrons. The second-order valence-electron chi connectivity index (χ2n) is 12.3. The van der Waals surface area contributed by atoms with Crippen molar-refractivity contribution in [2.45, 2.75) is 82.0 Å². The van der Waals surface area contributed by atoms with Gasteiger partial charge in [0.1, 0.15) is 17.0 Å². The van der Waals surface area contributed by atoms with Crippen molar-refractivity contribution in [3.63, 3.8) is 0 Å². The minimum Gasteiger partial charge on any atom is -0.390 e. The Hall–Kier alpha value is -2.26. The predicted molar refractivity (Wildman–Crippen MR) is 142 cm³/mol. The Morgan fingerprint density at radius 2 is 1.87 bits per heavy atom. The molecule has 0 radical (unpaired) electrons. The number of carbonyl (C=O) groups excluding carboxylic acids is 2. The summed E-state index contributed by atoms with van der Waals surface area (Å²) < 4.78 is 30.7. The summed E-state index contributed by atoms with van der Waals surface area (Å²) in [6, 6.07) is 5.08. The van der Waals surface area contributed by atoms with Crippen LogP contribution >= 0.6 is 23.2 Å². The Morgan fingerprint density at radius 3 is 2.50 bits per heavy atom. The quantitative estimate of drug-likeness (QED) is 0.417. The molecule has 10 heteroatoms. The molecular formula is C28H31Cl2F2N3O3. The fourth-order valence-corrected chi connectivity index (χ4v) is 6.90. The van der Waals surface area contributed by atoms with Crippen LogP contribution in [0.2, 0.25) is 10.0 Å².